The van der Waals surface area contributed by atoms with Gasteiger partial charge in [0.15, 0.2) is 0 Å². The topological polar surface area (TPSA) is 102 Å². The van der Waals surface area contributed by atoms with Gasteiger partial charge in [0.1, 0.15) is 6.20 Å². The summed E-state index contributed by atoms with van der Waals surface area (Å²) < 4.78 is 2.29. The zero-order chi connectivity index (χ0) is 21.8. The van der Waals surface area contributed by atoms with Crippen LogP contribution >= 0.6 is 15.9 Å². The number of hydrogen-bond donors (Lipinski definition) is 1. The van der Waals surface area contributed by atoms with Crippen LogP contribution in [0.4, 0.5) is 5.69 Å². The van der Waals surface area contributed by atoms with Crippen LogP contribution in [0.25, 0.3) is 10.8 Å². The summed E-state index contributed by atoms with van der Waals surface area (Å²) in [5, 5.41) is 21.5. The van der Waals surface area contributed by atoms with Gasteiger partial charge >= 0.3 is 5.69 Å². The molecule has 0 saturated carbocycles. The second kappa shape index (κ2) is 8.88. The summed E-state index contributed by atoms with van der Waals surface area (Å²) in [6.45, 7) is 0.293. The number of amides is 1. The van der Waals surface area contributed by atoms with Crippen LogP contribution in [-0.2, 0) is 6.54 Å². The fourth-order valence-corrected chi connectivity index (χ4v) is 3.33. The van der Waals surface area contributed by atoms with Crippen molar-refractivity contribution in [2.24, 2.45) is 5.10 Å². The number of benzene rings is 3. The van der Waals surface area contributed by atoms with Crippen molar-refractivity contribution in [2.75, 3.05) is 0 Å². The molecule has 3 aromatic carbocycles. The highest BCUT2D eigenvalue weighted by molar-refractivity contribution is 9.10. The van der Waals surface area contributed by atoms with E-state index in [2.05, 4.69) is 31.6 Å². The molecular weight excluding hydrogens is 462 g/mol. The second-order valence-electron chi connectivity index (χ2n) is 6.75. The Labute approximate surface area is 185 Å². The maximum Gasteiger partial charge on any atom is 0.320 e. The number of carbonyl (C=O) groups excluding carboxylic acids is 1. The molecule has 1 heterocycles. The molecule has 4 aromatic rings. The monoisotopic (exact) mass is 477 g/mol. The fraction of sp³-hybridized carbons (Fsp3) is 0.0455. The van der Waals surface area contributed by atoms with Crippen LogP contribution in [0.5, 0.6) is 0 Å². The van der Waals surface area contributed by atoms with Crippen LogP contribution in [-0.4, -0.2) is 26.8 Å². The molecule has 9 heteroatoms. The highest BCUT2D eigenvalue weighted by Gasteiger charge is 2.25. The lowest BCUT2D eigenvalue weighted by atomic mass is 10.1. The number of aromatic nitrogens is 2. The molecule has 1 N–H and O–H groups in total. The third-order valence-electron chi connectivity index (χ3n) is 4.57. The number of nitrogens with zero attached hydrogens (tertiary/aromatic N) is 4. The quantitative estimate of drug-likeness (QED) is 0.250. The van der Waals surface area contributed by atoms with E-state index in [4.69, 9.17) is 0 Å². The van der Waals surface area contributed by atoms with E-state index in [0.717, 1.165) is 26.4 Å². The molecule has 0 aliphatic carbocycles. The van der Waals surface area contributed by atoms with Crippen molar-refractivity contribution in [2.45, 2.75) is 6.54 Å². The largest absolute Gasteiger partial charge is 0.320 e. The summed E-state index contributed by atoms with van der Waals surface area (Å²) in [4.78, 5) is 23.2. The molecule has 0 aliphatic rings. The fourth-order valence-electron chi connectivity index (χ4n) is 3.07. The van der Waals surface area contributed by atoms with Gasteiger partial charge in [-0.05, 0) is 40.1 Å². The average Bonchev–Trinajstić information content (AvgIpc) is 3.19. The van der Waals surface area contributed by atoms with Crippen molar-refractivity contribution in [3.63, 3.8) is 0 Å². The van der Waals surface area contributed by atoms with Gasteiger partial charge in [-0.15, -0.1) is 0 Å². The number of nitro groups is 1. The summed E-state index contributed by atoms with van der Waals surface area (Å²) in [7, 11) is 0. The molecule has 0 aliphatic heterocycles. The first-order valence-electron chi connectivity index (χ1n) is 9.28. The van der Waals surface area contributed by atoms with Crippen LogP contribution in [0, 0.1) is 10.1 Å². The summed E-state index contributed by atoms with van der Waals surface area (Å²) in [6, 6.07) is 21.1. The van der Waals surface area contributed by atoms with Crippen LogP contribution in [0.1, 0.15) is 21.6 Å². The minimum atomic E-state index is -0.752. The number of fused-ring (bicyclic) bond motifs is 1. The highest BCUT2D eigenvalue weighted by atomic mass is 79.9. The Bertz CT molecular complexity index is 1300. The van der Waals surface area contributed by atoms with Gasteiger partial charge in [0, 0.05) is 4.47 Å². The van der Waals surface area contributed by atoms with Crippen molar-refractivity contribution in [1.29, 1.82) is 0 Å². The molecule has 0 bridgehead atoms. The first kappa shape index (κ1) is 20.4. The number of halogens is 1. The van der Waals surface area contributed by atoms with Crippen molar-refractivity contribution in [1.82, 2.24) is 15.2 Å². The Morgan fingerprint density at radius 1 is 1.13 bits per heavy atom. The summed E-state index contributed by atoms with van der Waals surface area (Å²) in [6.07, 6.45) is 2.72. The van der Waals surface area contributed by atoms with Gasteiger partial charge < -0.3 is 0 Å². The zero-order valence-electron chi connectivity index (χ0n) is 16.1. The highest BCUT2D eigenvalue weighted by Crippen LogP contribution is 2.19. The van der Waals surface area contributed by atoms with E-state index in [1.54, 1.807) is 0 Å². The van der Waals surface area contributed by atoms with Gasteiger partial charge in [0.2, 0.25) is 5.69 Å². The summed E-state index contributed by atoms with van der Waals surface area (Å²) in [5.41, 5.74) is 3.32. The number of nitrogens with one attached hydrogen (secondary N) is 1. The lowest BCUT2D eigenvalue weighted by Gasteiger charge is -2.01. The minimum absolute atomic E-state index is 0.293. The van der Waals surface area contributed by atoms with Crippen LogP contribution < -0.4 is 5.43 Å². The number of carbonyl (C=O) groups is 1. The van der Waals surface area contributed by atoms with Gasteiger partial charge in [0.25, 0.3) is 5.91 Å². The first-order chi connectivity index (χ1) is 15.0. The first-order valence-corrected chi connectivity index (χ1v) is 10.1. The zero-order valence-corrected chi connectivity index (χ0v) is 17.7. The van der Waals surface area contributed by atoms with Gasteiger partial charge in [-0.1, -0.05) is 64.5 Å². The lowest BCUT2D eigenvalue weighted by molar-refractivity contribution is -0.385. The molecule has 0 radical (unpaired) electrons. The normalized spacial score (nSPS) is 11.1. The molecule has 0 unspecified atom stereocenters. The summed E-state index contributed by atoms with van der Waals surface area (Å²) in [5.74, 6) is -0.752. The molecule has 1 aromatic heterocycles. The SMILES string of the molecule is O=C(N/N=C/c1ccc2ccccc2c1)c1nn(Cc2ccc(Br)cc2)cc1[N+](=O)[O-]. The Hall–Kier alpha value is -3.85. The number of rotatable bonds is 6. The maximum absolute atomic E-state index is 12.5. The van der Waals surface area contributed by atoms with Crippen molar-refractivity contribution in [3.8, 4) is 0 Å². The van der Waals surface area contributed by atoms with E-state index in [-0.39, 0.29) is 11.4 Å². The number of hydrogen-bond acceptors (Lipinski definition) is 5. The molecule has 0 atom stereocenters. The molecule has 8 nitrogen and oxygen atoms in total. The maximum atomic E-state index is 12.5. The molecule has 0 fully saturated rings. The predicted molar refractivity (Wildman–Crippen MR) is 121 cm³/mol. The molecule has 31 heavy (non-hydrogen) atoms. The Morgan fingerprint density at radius 3 is 2.61 bits per heavy atom. The van der Waals surface area contributed by atoms with Crippen LogP contribution in [0.15, 0.2) is 82.5 Å². The smallest absolute Gasteiger partial charge is 0.265 e. The third-order valence-corrected chi connectivity index (χ3v) is 5.09. The molecule has 4 rings (SSSR count). The third kappa shape index (κ3) is 4.84. The second-order valence-corrected chi connectivity index (χ2v) is 7.67. The van der Waals surface area contributed by atoms with Gasteiger partial charge in [-0.25, -0.2) is 5.43 Å². The molecule has 0 saturated heterocycles. The van der Waals surface area contributed by atoms with E-state index >= 15 is 0 Å². The molecular formula is C22H16BrN5O3. The van der Waals surface area contributed by atoms with E-state index in [9.17, 15) is 14.9 Å². The standard InChI is InChI=1S/C22H16BrN5O3/c23-19-9-6-15(7-10-19)13-27-14-20(28(30)31)21(26-27)22(29)25-24-12-16-5-8-17-3-1-2-4-18(17)11-16/h1-12,14H,13H2,(H,25,29)/b24-12+. The van der Waals surface area contributed by atoms with Gasteiger partial charge in [-0.3, -0.25) is 19.6 Å². The van der Waals surface area contributed by atoms with E-state index in [1.165, 1.54) is 17.1 Å². The van der Waals surface area contributed by atoms with E-state index in [1.807, 2.05) is 66.7 Å². The number of hydrazone groups is 1. The lowest BCUT2D eigenvalue weighted by Crippen LogP contribution is -2.19. The molecule has 1 amide bonds. The Balaban J connectivity index is 1.50. The van der Waals surface area contributed by atoms with Crippen molar-refractivity contribution >= 4 is 44.5 Å². The van der Waals surface area contributed by atoms with E-state index in [0.29, 0.717) is 6.54 Å². The van der Waals surface area contributed by atoms with Crippen LogP contribution in [0.2, 0.25) is 0 Å². The molecule has 0 spiro atoms. The van der Waals surface area contributed by atoms with Gasteiger partial charge in [0.05, 0.1) is 17.7 Å². The average molecular weight is 478 g/mol. The molecule has 154 valence electrons. The van der Waals surface area contributed by atoms with E-state index < -0.39 is 10.8 Å². The predicted octanol–water partition coefficient (Wildman–Crippen LogP) is 4.52. The Morgan fingerprint density at radius 2 is 1.87 bits per heavy atom. The van der Waals surface area contributed by atoms with Gasteiger partial charge in [-0.2, -0.15) is 10.2 Å². The summed E-state index contributed by atoms with van der Waals surface area (Å²) >= 11 is 3.36. The van der Waals surface area contributed by atoms with Crippen molar-refractivity contribution < 1.29 is 9.72 Å². The minimum Gasteiger partial charge on any atom is -0.265 e. The van der Waals surface area contributed by atoms with Crippen molar-refractivity contribution in [3.05, 3.63) is 104 Å². The van der Waals surface area contributed by atoms with Crippen LogP contribution in [0.3, 0.4) is 0 Å². The Kier molecular flexibility index (Phi) is 5.85.